The van der Waals surface area contributed by atoms with Gasteiger partial charge in [0.15, 0.2) is 0 Å². The van der Waals surface area contributed by atoms with E-state index in [1.54, 1.807) is 11.3 Å². The molecule has 3 aromatic rings. The fraction of sp³-hybridized carbons (Fsp3) is 0.294. The number of carbonyl (C=O) groups excluding carboxylic acids is 1. The van der Waals surface area contributed by atoms with Crippen LogP contribution in [-0.4, -0.2) is 33.4 Å². The standard InChI is InChI=1S/C17H17N3OS/c21-17(9-13-6-8-22-11-13)19-7-5-14(10-19)20-12-18-15-3-1-2-4-16(15)20/h1-4,6,8,11-12,14H,5,7,9-10H2. The summed E-state index contributed by atoms with van der Waals surface area (Å²) in [7, 11) is 0. The molecule has 0 bridgehead atoms. The molecule has 5 heteroatoms. The minimum absolute atomic E-state index is 0.227. The molecule has 1 saturated heterocycles. The molecule has 2 aromatic heterocycles. The van der Waals surface area contributed by atoms with Crippen LogP contribution < -0.4 is 0 Å². The lowest BCUT2D eigenvalue weighted by molar-refractivity contribution is -0.129. The number of benzene rings is 1. The molecule has 0 saturated carbocycles. The molecule has 4 rings (SSSR count). The molecular formula is C17H17N3OS. The van der Waals surface area contributed by atoms with Gasteiger partial charge in [0.1, 0.15) is 0 Å². The van der Waals surface area contributed by atoms with Crippen molar-refractivity contribution in [3.05, 3.63) is 53.0 Å². The second kappa shape index (κ2) is 5.57. The predicted octanol–water partition coefficient (Wildman–Crippen LogP) is 3.11. The summed E-state index contributed by atoms with van der Waals surface area (Å²) >= 11 is 1.64. The lowest BCUT2D eigenvalue weighted by Crippen LogP contribution is -2.30. The molecule has 1 fully saturated rings. The van der Waals surface area contributed by atoms with Crippen LogP contribution in [-0.2, 0) is 11.2 Å². The van der Waals surface area contributed by atoms with Crippen molar-refractivity contribution >= 4 is 28.3 Å². The molecule has 1 amide bonds. The van der Waals surface area contributed by atoms with E-state index in [4.69, 9.17) is 0 Å². The molecule has 1 unspecified atom stereocenters. The molecule has 3 heterocycles. The van der Waals surface area contributed by atoms with Crippen molar-refractivity contribution in [2.75, 3.05) is 13.1 Å². The zero-order valence-corrected chi connectivity index (χ0v) is 13.0. The van der Waals surface area contributed by atoms with Gasteiger partial charge in [-0.25, -0.2) is 4.98 Å². The first kappa shape index (κ1) is 13.5. The Kier molecular flexibility index (Phi) is 3.42. The quantitative estimate of drug-likeness (QED) is 0.745. The Bertz CT molecular complexity index is 793. The van der Waals surface area contributed by atoms with Crippen LogP contribution in [0.15, 0.2) is 47.4 Å². The highest BCUT2D eigenvalue weighted by atomic mass is 32.1. The van der Waals surface area contributed by atoms with E-state index in [0.29, 0.717) is 12.5 Å². The highest BCUT2D eigenvalue weighted by Gasteiger charge is 2.28. The van der Waals surface area contributed by atoms with Crippen LogP contribution >= 0.6 is 11.3 Å². The van der Waals surface area contributed by atoms with E-state index in [-0.39, 0.29) is 5.91 Å². The summed E-state index contributed by atoms with van der Waals surface area (Å²) in [6, 6.07) is 10.5. The van der Waals surface area contributed by atoms with Crippen LogP contribution in [0.25, 0.3) is 11.0 Å². The molecule has 112 valence electrons. The molecule has 0 aliphatic carbocycles. The van der Waals surface area contributed by atoms with Crippen LogP contribution in [0, 0.1) is 0 Å². The molecule has 1 aliphatic rings. The summed E-state index contributed by atoms with van der Waals surface area (Å²) in [6.07, 6.45) is 3.42. The smallest absolute Gasteiger partial charge is 0.227 e. The van der Waals surface area contributed by atoms with E-state index < -0.39 is 0 Å². The summed E-state index contributed by atoms with van der Waals surface area (Å²) in [5, 5.41) is 4.07. The van der Waals surface area contributed by atoms with Crippen molar-refractivity contribution in [3.8, 4) is 0 Å². The zero-order valence-electron chi connectivity index (χ0n) is 12.2. The SMILES string of the molecule is O=C(Cc1ccsc1)N1CCC(n2cnc3ccccc32)C1. The second-order valence-electron chi connectivity index (χ2n) is 5.73. The summed E-state index contributed by atoms with van der Waals surface area (Å²) < 4.78 is 2.22. The molecule has 0 radical (unpaired) electrons. The first-order valence-electron chi connectivity index (χ1n) is 7.52. The van der Waals surface area contributed by atoms with Crippen LogP contribution in [0.2, 0.25) is 0 Å². The van der Waals surface area contributed by atoms with Gasteiger partial charge in [-0.15, -0.1) is 0 Å². The number of fused-ring (bicyclic) bond motifs is 1. The molecule has 1 aliphatic heterocycles. The Hall–Kier alpha value is -2.14. The Morgan fingerprint density at radius 2 is 2.23 bits per heavy atom. The van der Waals surface area contributed by atoms with Gasteiger partial charge in [-0.05, 0) is 40.9 Å². The van der Waals surface area contributed by atoms with Crippen LogP contribution in [0.1, 0.15) is 18.0 Å². The number of hydrogen-bond donors (Lipinski definition) is 0. The molecular weight excluding hydrogens is 294 g/mol. The molecule has 0 spiro atoms. The normalized spacial score (nSPS) is 18.2. The Morgan fingerprint density at radius 3 is 3.09 bits per heavy atom. The number of amides is 1. The Labute approximate surface area is 133 Å². The third-order valence-corrected chi connectivity index (χ3v) is 5.06. The molecule has 4 nitrogen and oxygen atoms in total. The fourth-order valence-corrected chi connectivity index (χ4v) is 3.81. The van der Waals surface area contributed by atoms with Gasteiger partial charge in [0, 0.05) is 13.1 Å². The fourth-order valence-electron chi connectivity index (χ4n) is 3.14. The van der Waals surface area contributed by atoms with E-state index in [2.05, 4.69) is 21.0 Å². The van der Waals surface area contributed by atoms with Crippen LogP contribution in [0.3, 0.4) is 0 Å². The van der Waals surface area contributed by atoms with Crippen LogP contribution in [0.4, 0.5) is 0 Å². The first-order chi connectivity index (χ1) is 10.8. The minimum atomic E-state index is 0.227. The third kappa shape index (κ3) is 2.41. The van der Waals surface area contributed by atoms with E-state index >= 15 is 0 Å². The maximum atomic E-state index is 12.4. The maximum Gasteiger partial charge on any atom is 0.227 e. The summed E-state index contributed by atoms with van der Waals surface area (Å²) in [4.78, 5) is 18.8. The maximum absolute atomic E-state index is 12.4. The van der Waals surface area contributed by atoms with Crippen molar-refractivity contribution in [2.45, 2.75) is 18.9 Å². The van der Waals surface area contributed by atoms with E-state index in [0.717, 1.165) is 36.1 Å². The molecule has 22 heavy (non-hydrogen) atoms. The highest BCUT2D eigenvalue weighted by Crippen LogP contribution is 2.26. The number of carbonyl (C=O) groups is 1. The van der Waals surface area contributed by atoms with Crippen molar-refractivity contribution in [1.29, 1.82) is 0 Å². The first-order valence-corrected chi connectivity index (χ1v) is 8.46. The van der Waals surface area contributed by atoms with Gasteiger partial charge in [0.25, 0.3) is 0 Å². The largest absolute Gasteiger partial charge is 0.340 e. The number of thiophene rings is 1. The number of aromatic nitrogens is 2. The van der Waals surface area contributed by atoms with Gasteiger partial charge >= 0.3 is 0 Å². The summed E-state index contributed by atoms with van der Waals surface area (Å²) in [5.41, 5.74) is 3.29. The summed E-state index contributed by atoms with van der Waals surface area (Å²) in [5.74, 6) is 0.227. The number of likely N-dealkylation sites (tertiary alicyclic amines) is 1. The van der Waals surface area contributed by atoms with Gasteiger partial charge in [-0.1, -0.05) is 12.1 Å². The third-order valence-electron chi connectivity index (χ3n) is 4.33. The van der Waals surface area contributed by atoms with Crippen molar-refractivity contribution < 1.29 is 4.79 Å². The average molecular weight is 311 g/mol. The average Bonchev–Trinajstić information content (AvgIpc) is 3.27. The van der Waals surface area contributed by atoms with Gasteiger partial charge in [0.2, 0.25) is 5.91 Å². The molecule has 1 aromatic carbocycles. The number of rotatable bonds is 3. The zero-order chi connectivity index (χ0) is 14.9. The highest BCUT2D eigenvalue weighted by molar-refractivity contribution is 7.08. The number of para-hydroxylation sites is 2. The molecule has 0 N–H and O–H groups in total. The number of imidazole rings is 1. The van der Waals surface area contributed by atoms with E-state index in [9.17, 15) is 4.79 Å². The van der Waals surface area contributed by atoms with Crippen LogP contribution in [0.5, 0.6) is 0 Å². The lowest BCUT2D eigenvalue weighted by Gasteiger charge is -2.17. The monoisotopic (exact) mass is 311 g/mol. The lowest BCUT2D eigenvalue weighted by atomic mass is 10.2. The number of nitrogens with zero attached hydrogens (tertiary/aromatic N) is 3. The van der Waals surface area contributed by atoms with Crippen molar-refractivity contribution in [2.24, 2.45) is 0 Å². The van der Waals surface area contributed by atoms with Crippen molar-refractivity contribution in [1.82, 2.24) is 14.5 Å². The Morgan fingerprint density at radius 1 is 1.32 bits per heavy atom. The Balaban J connectivity index is 1.49. The van der Waals surface area contributed by atoms with Gasteiger partial charge in [-0.2, -0.15) is 11.3 Å². The van der Waals surface area contributed by atoms with Gasteiger partial charge < -0.3 is 9.47 Å². The topological polar surface area (TPSA) is 38.1 Å². The number of hydrogen-bond acceptors (Lipinski definition) is 3. The van der Waals surface area contributed by atoms with Gasteiger partial charge in [0.05, 0.1) is 29.8 Å². The van der Waals surface area contributed by atoms with E-state index in [1.165, 1.54) is 0 Å². The van der Waals surface area contributed by atoms with E-state index in [1.807, 2.05) is 40.9 Å². The molecule has 1 atom stereocenters. The summed E-state index contributed by atoms with van der Waals surface area (Å²) in [6.45, 7) is 1.61. The predicted molar refractivity (Wildman–Crippen MR) is 88.0 cm³/mol. The minimum Gasteiger partial charge on any atom is -0.340 e. The van der Waals surface area contributed by atoms with Crippen molar-refractivity contribution in [3.63, 3.8) is 0 Å². The van der Waals surface area contributed by atoms with Gasteiger partial charge in [-0.3, -0.25) is 4.79 Å². The second-order valence-corrected chi connectivity index (χ2v) is 6.51.